The van der Waals surface area contributed by atoms with Crippen LogP contribution in [0.15, 0.2) is 35.5 Å². The van der Waals surface area contributed by atoms with Crippen LogP contribution in [-0.4, -0.2) is 30.7 Å². The van der Waals surface area contributed by atoms with Gasteiger partial charge in [0.2, 0.25) is 0 Å². The fraction of sp³-hybridized carbons (Fsp3) is 0.267. The van der Waals surface area contributed by atoms with Crippen LogP contribution < -0.4 is 4.74 Å². The van der Waals surface area contributed by atoms with Gasteiger partial charge in [-0.2, -0.15) is 8.78 Å². The maximum atomic E-state index is 14.3. The van der Waals surface area contributed by atoms with Gasteiger partial charge in [0.15, 0.2) is 16.0 Å². The zero-order chi connectivity index (χ0) is 18.6. The standard InChI is InChI=1S/C15H11F4NO4S/c1-25(22,23)10-3-2-9(24-8-4-7(16)5-20-6-8)11-12(10)14(21)15(18,19)13(11)17/h2-6,13-14,21H,1H3/t13?,14-/m0/s1. The molecule has 25 heavy (non-hydrogen) atoms. The number of aliphatic hydroxyl groups excluding tert-OH is 1. The third kappa shape index (κ3) is 2.85. The van der Waals surface area contributed by atoms with E-state index in [0.29, 0.717) is 0 Å². The van der Waals surface area contributed by atoms with Gasteiger partial charge in [-0.3, -0.25) is 4.98 Å². The predicted molar refractivity (Wildman–Crippen MR) is 77.6 cm³/mol. The van der Waals surface area contributed by atoms with Crippen LogP contribution in [0.5, 0.6) is 11.5 Å². The highest BCUT2D eigenvalue weighted by atomic mass is 32.2. The normalized spacial score (nSPS) is 21.8. The first-order chi connectivity index (χ1) is 11.5. The maximum absolute atomic E-state index is 14.3. The van der Waals surface area contributed by atoms with Crippen molar-refractivity contribution >= 4 is 9.84 Å². The number of alkyl halides is 3. The van der Waals surface area contributed by atoms with E-state index in [1.54, 1.807) is 0 Å². The molecule has 0 aliphatic heterocycles. The van der Waals surface area contributed by atoms with Crippen molar-refractivity contribution in [3.05, 3.63) is 47.5 Å². The first kappa shape index (κ1) is 17.6. The largest absolute Gasteiger partial charge is 0.455 e. The molecule has 10 heteroatoms. The molecule has 2 aromatic rings. The second kappa shape index (κ2) is 5.67. The Kier molecular flexibility index (Phi) is 3.99. The number of pyridine rings is 1. The zero-order valence-electron chi connectivity index (χ0n) is 12.6. The van der Waals surface area contributed by atoms with E-state index in [1.165, 1.54) is 0 Å². The van der Waals surface area contributed by atoms with Crippen LogP contribution >= 0.6 is 0 Å². The molecule has 0 amide bonds. The molecular formula is C15H11F4NO4S. The number of hydrogen-bond donors (Lipinski definition) is 1. The summed E-state index contributed by atoms with van der Waals surface area (Å²) in [4.78, 5) is 2.88. The molecule has 1 aliphatic rings. The average molecular weight is 377 g/mol. The number of nitrogens with zero attached hydrogens (tertiary/aromatic N) is 1. The molecule has 1 aromatic carbocycles. The van der Waals surface area contributed by atoms with Crippen molar-refractivity contribution in [1.82, 2.24) is 4.98 Å². The fourth-order valence-electron chi connectivity index (χ4n) is 2.65. The molecule has 0 spiro atoms. The highest BCUT2D eigenvalue weighted by Crippen LogP contribution is 2.57. The SMILES string of the molecule is CS(=O)(=O)c1ccc(Oc2cncc(F)c2)c2c1[C@H](O)C(F)(F)C2F. The first-order valence-corrected chi connectivity index (χ1v) is 8.78. The maximum Gasteiger partial charge on any atom is 0.312 e. The summed E-state index contributed by atoms with van der Waals surface area (Å²) in [6.45, 7) is 0. The Balaban J connectivity index is 2.21. The molecule has 3 rings (SSSR count). The summed E-state index contributed by atoms with van der Waals surface area (Å²) in [5, 5.41) is 9.78. The molecule has 1 N–H and O–H groups in total. The molecule has 2 atom stereocenters. The predicted octanol–water partition coefficient (Wildman–Crippen LogP) is 3.11. The monoisotopic (exact) mass is 377 g/mol. The molecule has 0 radical (unpaired) electrons. The van der Waals surface area contributed by atoms with Gasteiger partial charge in [0.1, 0.15) is 23.4 Å². The van der Waals surface area contributed by atoms with Crippen molar-refractivity contribution in [2.75, 3.05) is 6.26 Å². The lowest BCUT2D eigenvalue weighted by Gasteiger charge is -2.16. The van der Waals surface area contributed by atoms with Crippen LogP contribution in [0.1, 0.15) is 23.4 Å². The second-order valence-corrected chi connectivity index (χ2v) is 7.53. The van der Waals surface area contributed by atoms with E-state index in [0.717, 1.165) is 36.8 Å². The lowest BCUT2D eigenvalue weighted by Crippen LogP contribution is -2.24. The number of fused-ring (bicyclic) bond motifs is 1. The molecule has 1 heterocycles. The van der Waals surface area contributed by atoms with Gasteiger partial charge in [0, 0.05) is 23.4 Å². The summed E-state index contributed by atoms with van der Waals surface area (Å²) in [7, 11) is -4.02. The Morgan fingerprint density at radius 3 is 2.52 bits per heavy atom. The van der Waals surface area contributed by atoms with E-state index in [-0.39, 0.29) is 5.75 Å². The fourth-order valence-corrected chi connectivity index (χ4v) is 3.59. The first-order valence-electron chi connectivity index (χ1n) is 6.88. The van der Waals surface area contributed by atoms with Gasteiger partial charge in [0.05, 0.1) is 17.3 Å². The minimum Gasteiger partial charge on any atom is -0.455 e. The summed E-state index contributed by atoms with van der Waals surface area (Å²) in [5.74, 6) is -5.67. The van der Waals surface area contributed by atoms with Crippen molar-refractivity contribution in [3.63, 3.8) is 0 Å². The van der Waals surface area contributed by atoms with Crippen LogP contribution in [0, 0.1) is 5.82 Å². The molecule has 0 bridgehead atoms. The van der Waals surface area contributed by atoms with Gasteiger partial charge < -0.3 is 9.84 Å². The molecule has 0 fully saturated rings. The Labute approximate surface area is 139 Å². The summed E-state index contributed by atoms with van der Waals surface area (Å²) >= 11 is 0. The minimum atomic E-state index is -4.23. The molecule has 5 nitrogen and oxygen atoms in total. The van der Waals surface area contributed by atoms with Gasteiger partial charge in [0.25, 0.3) is 0 Å². The minimum absolute atomic E-state index is 0.203. The van der Waals surface area contributed by atoms with Crippen LogP contribution in [0.25, 0.3) is 0 Å². The topological polar surface area (TPSA) is 76.5 Å². The third-order valence-electron chi connectivity index (χ3n) is 3.74. The molecule has 0 saturated heterocycles. The van der Waals surface area contributed by atoms with E-state index in [1.807, 2.05) is 0 Å². The Morgan fingerprint density at radius 2 is 1.92 bits per heavy atom. The van der Waals surface area contributed by atoms with Gasteiger partial charge in [-0.05, 0) is 12.1 Å². The number of aromatic nitrogens is 1. The van der Waals surface area contributed by atoms with Crippen LogP contribution in [0.4, 0.5) is 17.6 Å². The smallest absolute Gasteiger partial charge is 0.312 e. The quantitative estimate of drug-likeness (QED) is 0.832. The van der Waals surface area contributed by atoms with Crippen molar-refractivity contribution in [2.24, 2.45) is 0 Å². The molecule has 1 unspecified atom stereocenters. The Bertz CT molecular complexity index is 949. The summed E-state index contributed by atoms with van der Waals surface area (Å²) in [5.41, 5.74) is -1.55. The van der Waals surface area contributed by atoms with E-state index in [2.05, 4.69) is 4.98 Å². The van der Waals surface area contributed by atoms with Gasteiger partial charge >= 0.3 is 5.92 Å². The Hall–Kier alpha value is -2.20. The number of aliphatic hydroxyl groups is 1. The number of sulfone groups is 1. The van der Waals surface area contributed by atoms with Gasteiger partial charge in [-0.1, -0.05) is 0 Å². The number of benzene rings is 1. The zero-order valence-corrected chi connectivity index (χ0v) is 13.4. The lowest BCUT2D eigenvalue weighted by molar-refractivity contribution is -0.143. The number of halogens is 4. The summed E-state index contributed by atoms with van der Waals surface area (Å²) in [6, 6.07) is 2.79. The van der Waals surface area contributed by atoms with Crippen LogP contribution in [0.3, 0.4) is 0 Å². The van der Waals surface area contributed by atoms with Gasteiger partial charge in [-0.15, -0.1) is 0 Å². The van der Waals surface area contributed by atoms with E-state index < -0.39 is 55.6 Å². The molecule has 1 aliphatic carbocycles. The van der Waals surface area contributed by atoms with Gasteiger partial charge in [-0.25, -0.2) is 17.2 Å². The van der Waals surface area contributed by atoms with E-state index in [4.69, 9.17) is 4.74 Å². The lowest BCUT2D eigenvalue weighted by atomic mass is 10.1. The Morgan fingerprint density at radius 1 is 1.24 bits per heavy atom. The molecule has 0 saturated carbocycles. The number of hydrogen-bond acceptors (Lipinski definition) is 5. The number of rotatable bonds is 3. The van der Waals surface area contributed by atoms with E-state index in [9.17, 15) is 31.1 Å². The van der Waals surface area contributed by atoms with E-state index >= 15 is 0 Å². The average Bonchev–Trinajstić information content (AvgIpc) is 2.68. The second-order valence-electron chi connectivity index (χ2n) is 5.54. The van der Waals surface area contributed by atoms with Crippen molar-refractivity contribution in [3.8, 4) is 11.5 Å². The summed E-state index contributed by atoms with van der Waals surface area (Å²) in [6.07, 6.45) is -2.96. The molecule has 1 aromatic heterocycles. The number of ether oxygens (including phenoxy) is 1. The highest BCUT2D eigenvalue weighted by molar-refractivity contribution is 7.90. The van der Waals surface area contributed by atoms with Crippen LogP contribution in [-0.2, 0) is 9.84 Å². The third-order valence-corrected chi connectivity index (χ3v) is 4.90. The van der Waals surface area contributed by atoms with Crippen molar-refractivity contribution < 1.29 is 35.8 Å². The van der Waals surface area contributed by atoms with Crippen LogP contribution in [0.2, 0.25) is 0 Å². The highest BCUT2D eigenvalue weighted by Gasteiger charge is 2.58. The summed E-state index contributed by atoms with van der Waals surface area (Å²) < 4.78 is 84.1. The molecule has 134 valence electrons. The molecular weight excluding hydrogens is 366 g/mol. The van der Waals surface area contributed by atoms with Crippen molar-refractivity contribution in [2.45, 2.75) is 23.1 Å². The van der Waals surface area contributed by atoms with Crippen molar-refractivity contribution in [1.29, 1.82) is 0 Å².